The molecule has 170 valence electrons. The van der Waals surface area contributed by atoms with Crippen LogP contribution in [0.5, 0.6) is 0 Å². The molecule has 0 aliphatic heterocycles. The summed E-state index contributed by atoms with van der Waals surface area (Å²) in [6.07, 6.45) is 6.09. The lowest BCUT2D eigenvalue weighted by molar-refractivity contribution is 0.112. The van der Waals surface area contributed by atoms with E-state index in [1.54, 1.807) is 11.8 Å². The van der Waals surface area contributed by atoms with Crippen LogP contribution in [0.1, 0.15) is 51.2 Å². The monoisotopic (exact) mass is 499 g/mol. The van der Waals surface area contributed by atoms with E-state index < -0.39 is 6.10 Å². The Labute approximate surface area is 206 Å². The third-order valence-corrected chi connectivity index (χ3v) is 7.22. The number of benzene rings is 3. The number of aliphatic hydroxyl groups excluding tert-OH is 1. The minimum Gasteiger partial charge on any atom is -0.387 e. The van der Waals surface area contributed by atoms with Gasteiger partial charge in [-0.3, -0.25) is 0 Å². The summed E-state index contributed by atoms with van der Waals surface area (Å²) in [6, 6.07) is 12.3. The van der Waals surface area contributed by atoms with Gasteiger partial charge in [0.05, 0.1) is 16.1 Å². The van der Waals surface area contributed by atoms with E-state index in [1.165, 1.54) is 4.90 Å². The van der Waals surface area contributed by atoms with Gasteiger partial charge in [-0.05, 0) is 78.2 Å². The highest BCUT2D eigenvalue weighted by Crippen LogP contribution is 2.40. The second-order valence-electron chi connectivity index (χ2n) is 7.86. The molecule has 1 N–H and O–H groups in total. The number of thioether (sulfide) groups is 1. The van der Waals surface area contributed by atoms with Crippen LogP contribution in [-0.4, -0.2) is 35.9 Å². The van der Waals surface area contributed by atoms with Gasteiger partial charge >= 0.3 is 0 Å². The predicted molar refractivity (Wildman–Crippen MR) is 142 cm³/mol. The van der Waals surface area contributed by atoms with Gasteiger partial charge in [-0.1, -0.05) is 62.0 Å². The van der Waals surface area contributed by atoms with Crippen molar-refractivity contribution in [1.29, 1.82) is 0 Å². The fraction of sp³-hybridized carbons (Fsp3) is 0.440. The Morgan fingerprint density at radius 2 is 1.61 bits per heavy atom. The van der Waals surface area contributed by atoms with Gasteiger partial charge in [0.25, 0.3) is 0 Å². The minimum absolute atomic E-state index is 0. The normalized spacial score (nSPS) is 12.5. The van der Waals surface area contributed by atoms with Crippen molar-refractivity contribution < 1.29 is 5.11 Å². The lowest BCUT2D eigenvalue weighted by Gasteiger charge is -2.26. The van der Waals surface area contributed by atoms with Gasteiger partial charge in [0.2, 0.25) is 0 Å². The van der Waals surface area contributed by atoms with E-state index in [2.05, 4.69) is 49.3 Å². The Kier molecular flexibility index (Phi) is 10.7. The molecule has 0 fully saturated rings. The summed E-state index contributed by atoms with van der Waals surface area (Å²) in [5, 5.41) is 16.5. The lowest BCUT2D eigenvalue weighted by atomic mass is 9.94. The SMILES string of the molecule is CCCCN(CCCC)CC(O)c1cc2cc(SC)ccc2c2c(Cl)c(Cl)ccc12.Cl. The highest BCUT2D eigenvalue weighted by Gasteiger charge is 2.19. The van der Waals surface area contributed by atoms with Crippen molar-refractivity contribution in [2.45, 2.75) is 50.5 Å². The standard InChI is InChI=1S/C25H31Cl2NOS.ClH/c1-4-6-12-28(13-7-5-2)16-23(29)21-15-17-14-18(30-3)8-9-19(17)24-20(21)10-11-22(26)25(24)27;/h8-11,14-15,23,29H,4-7,12-13,16H2,1-3H3;1H. The molecule has 0 aliphatic rings. The van der Waals surface area contributed by atoms with Crippen molar-refractivity contribution in [1.82, 2.24) is 4.90 Å². The van der Waals surface area contributed by atoms with Gasteiger partial charge in [-0.25, -0.2) is 0 Å². The fourth-order valence-corrected chi connectivity index (χ4v) is 4.86. The predicted octanol–water partition coefficient (Wildman–Crippen LogP) is 8.38. The smallest absolute Gasteiger partial charge is 0.0923 e. The average Bonchev–Trinajstić information content (AvgIpc) is 2.76. The number of hydrogen-bond acceptors (Lipinski definition) is 3. The second-order valence-corrected chi connectivity index (χ2v) is 9.53. The Balaban J connectivity index is 0.00000341. The number of hydrogen-bond donors (Lipinski definition) is 1. The van der Waals surface area contributed by atoms with Crippen molar-refractivity contribution in [3.63, 3.8) is 0 Å². The van der Waals surface area contributed by atoms with Crippen LogP contribution in [0, 0.1) is 0 Å². The van der Waals surface area contributed by atoms with Crippen LogP contribution in [0.3, 0.4) is 0 Å². The van der Waals surface area contributed by atoms with Crippen molar-refractivity contribution in [2.24, 2.45) is 0 Å². The number of rotatable bonds is 10. The second kappa shape index (κ2) is 12.5. The van der Waals surface area contributed by atoms with Gasteiger partial charge in [0.1, 0.15) is 0 Å². The summed E-state index contributed by atoms with van der Waals surface area (Å²) in [5.41, 5.74) is 0.923. The van der Waals surface area contributed by atoms with Crippen LogP contribution in [0.25, 0.3) is 21.5 Å². The number of nitrogens with zero attached hydrogens (tertiary/aromatic N) is 1. The molecule has 0 saturated carbocycles. The Hall–Kier alpha value is -0.680. The highest BCUT2D eigenvalue weighted by atomic mass is 35.5. The molecular weight excluding hydrogens is 469 g/mol. The zero-order valence-electron chi connectivity index (χ0n) is 18.5. The van der Waals surface area contributed by atoms with Gasteiger partial charge in [-0.2, -0.15) is 0 Å². The third kappa shape index (κ3) is 6.22. The van der Waals surface area contributed by atoms with Crippen LogP contribution in [-0.2, 0) is 0 Å². The van der Waals surface area contributed by atoms with Gasteiger partial charge in [0, 0.05) is 16.8 Å². The Morgan fingerprint density at radius 3 is 2.23 bits per heavy atom. The molecule has 0 radical (unpaired) electrons. The van der Waals surface area contributed by atoms with Crippen molar-refractivity contribution in [3.05, 3.63) is 52.0 Å². The van der Waals surface area contributed by atoms with E-state index in [0.717, 1.165) is 65.9 Å². The molecule has 0 saturated heterocycles. The zero-order valence-corrected chi connectivity index (χ0v) is 21.6. The van der Waals surface area contributed by atoms with Crippen LogP contribution < -0.4 is 0 Å². The molecule has 3 aromatic rings. The van der Waals surface area contributed by atoms with Crippen LogP contribution >= 0.6 is 47.4 Å². The molecule has 3 rings (SSSR count). The average molecular weight is 501 g/mol. The number of unbranched alkanes of at least 4 members (excludes halogenated alkanes) is 2. The van der Waals surface area contributed by atoms with Crippen molar-refractivity contribution in [3.8, 4) is 0 Å². The van der Waals surface area contributed by atoms with Crippen LogP contribution in [0.2, 0.25) is 10.0 Å². The number of aliphatic hydroxyl groups is 1. The molecule has 0 amide bonds. The number of fused-ring (bicyclic) bond motifs is 3. The van der Waals surface area contributed by atoms with E-state index in [9.17, 15) is 5.11 Å². The van der Waals surface area contributed by atoms with Gasteiger partial charge < -0.3 is 10.0 Å². The lowest BCUT2D eigenvalue weighted by Crippen LogP contribution is -2.30. The topological polar surface area (TPSA) is 23.5 Å². The van der Waals surface area contributed by atoms with Crippen molar-refractivity contribution in [2.75, 3.05) is 25.9 Å². The zero-order chi connectivity index (χ0) is 21.7. The highest BCUT2D eigenvalue weighted by molar-refractivity contribution is 7.98. The molecule has 1 unspecified atom stereocenters. The summed E-state index contributed by atoms with van der Waals surface area (Å²) in [6.45, 7) is 7.08. The maximum Gasteiger partial charge on any atom is 0.0923 e. The molecule has 2 nitrogen and oxygen atoms in total. The molecule has 3 aromatic carbocycles. The quantitative estimate of drug-likeness (QED) is 0.223. The molecule has 6 heteroatoms. The fourth-order valence-electron chi connectivity index (χ4n) is 3.99. The largest absolute Gasteiger partial charge is 0.387 e. The molecule has 0 heterocycles. The summed E-state index contributed by atoms with van der Waals surface area (Å²) >= 11 is 14.7. The summed E-state index contributed by atoms with van der Waals surface area (Å²) < 4.78 is 0. The first-order valence-electron chi connectivity index (χ1n) is 10.8. The van der Waals surface area contributed by atoms with Crippen LogP contribution in [0.15, 0.2) is 41.3 Å². The molecule has 0 spiro atoms. The Bertz CT molecular complexity index is 1000. The first-order valence-corrected chi connectivity index (χ1v) is 12.8. The first kappa shape index (κ1) is 26.6. The number of halogens is 3. The van der Waals surface area contributed by atoms with E-state index >= 15 is 0 Å². The summed E-state index contributed by atoms with van der Waals surface area (Å²) in [4.78, 5) is 3.58. The summed E-state index contributed by atoms with van der Waals surface area (Å²) in [7, 11) is 0. The third-order valence-electron chi connectivity index (χ3n) is 5.69. The Morgan fingerprint density at radius 1 is 0.968 bits per heavy atom. The van der Waals surface area contributed by atoms with E-state index in [1.807, 2.05) is 12.1 Å². The molecule has 31 heavy (non-hydrogen) atoms. The van der Waals surface area contributed by atoms with Gasteiger partial charge in [-0.15, -0.1) is 24.2 Å². The maximum atomic E-state index is 11.3. The molecule has 0 bridgehead atoms. The van der Waals surface area contributed by atoms with E-state index in [0.29, 0.717) is 16.6 Å². The van der Waals surface area contributed by atoms with E-state index in [4.69, 9.17) is 23.2 Å². The first-order chi connectivity index (χ1) is 14.5. The molecule has 0 aliphatic carbocycles. The summed E-state index contributed by atoms with van der Waals surface area (Å²) in [5.74, 6) is 0. The van der Waals surface area contributed by atoms with Crippen molar-refractivity contribution >= 4 is 68.9 Å². The van der Waals surface area contributed by atoms with Gasteiger partial charge in [0.15, 0.2) is 0 Å². The van der Waals surface area contributed by atoms with E-state index in [-0.39, 0.29) is 12.4 Å². The molecular formula is C25H32Cl3NOS. The van der Waals surface area contributed by atoms with Crippen LogP contribution in [0.4, 0.5) is 0 Å². The maximum absolute atomic E-state index is 11.3. The molecule has 0 aromatic heterocycles. The molecule has 1 atom stereocenters. The minimum atomic E-state index is -0.583.